The zero-order chi connectivity index (χ0) is 16.1. The third kappa shape index (κ3) is 3.65. The number of aromatic nitrogens is 3. The average molecular weight is 306 g/mol. The lowest BCUT2D eigenvalue weighted by Gasteiger charge is -2.05. The molecular weight excluding hydrogens is 286 g/mol. The van der Waals surface area contributed by atoms with E-state index < -0.39 is 0 Å². The lowest BCUT2D eigenvalue weighted by molar-refractivity contribution is 0.415. The van der Waals surface area contributed by atoms with Crippen LogP contribution in [-0.4, -0.2) is 22.1 Å². The van der Waals surface area contributed by atoms with E-state index in [1.807, 2.05) is 36.4 Å². The summed E-state index contributed by atoms with van der Waals surface area (Å²) in [4.78, 5) is 13.7. The molecule has 23 heavy (non-hydrogen) atoms. The summed E-state index contributed by atoms with van der Waals surface area (Å²) in [5.74, 6) is 0.827. The SMILES string of the molecule is CCCC[CH]c1ccc2ncc(-c3ccc(OC)cc3)nc2n1. The zero-order valence-corrected chi connectivity index (χ0v) is 13.5. The van der Waals surface area contributed by atoms with Crippen molar-refractivity contribution in [3.63, 3.8) is 0 Å². The van der Waals surface area contributed by atoms with Gasteiger partial charge in [-0.25, -0.2) is 9.97 Å². The lowest BCUT2D eigenvalue weighted by Crippen LogP contribution is -1.95. The first kappa shape index (κ1) is 15.4. The van der Waals surface area contributed by atoms with Crippen LogP contribution in [0, 0.1) is 6.42 Å². The molecule has 0 unspecified atom stereocenters. The van der Waals surface area contributed by atoms with E-state index in [9.17, 15) is 0 Å². The summed E-state index contributed by atoms with van der Waals surface area (Å²) in [6, 6.07) is 11.8. The predicted octanol–water partition coefficient (Wildman–Crippen LogP) is 4.44. The molecule has 4 heteroatoms. The van der Waals surface area contributed by atoms with Gasteiger partial charge in [0, 0.05) is 17.7 Å². The Morgan fingerprint density at radius 2 is 1.87 bits per heavy atom. The van der Waals surface area contributed by atoms with E-state index in [-0.39, 0.29) is 0 Å². The highest BCUT2D eigenvalue weighted by atomic mass is 16.5. The molecule has 1 aromatic carbocycles. The summed E-state index contributed by atoms with van der Waals surface area (Å²) >= 11 is 0. The van der Waals surface area contributed by atoms with E-state index in [2.05, 4.69) is 28.3 Å². The molecule has 3 aromatic rings. The van der Waals surface area contributed by atoms with Gasteiger partial charge in [-0.05, 0) is 42.8 Å². The fraction of sp³-hybridized carbons (Fsp3) is 0.263. The van der Waals surface area contributed by atoms with Gasteiger partial charge < -0.3 is 4.74 Å². The van der Waals surface area contributed by atoms with E-state index in [0.717, 1.165) is 34.6 Å². The Morgan fingerprint density at radius 3 is 2.61 bits per heavy atom. The van der Waals surface area contributed by atoms with Crippen LogP contribution in [0.25, 0.3) is 22.4 Å². The van der Waals surface area contributed by atoms with E-state index >= 15 is 0 Å². The molecule has 0 fully saturated rings. The van der Waals surface area contributed by atoms with Crippen LogP contribution >= 0.6 is 0 Å². The van der Waals surface area contributed by atoms with Gasteiger partial charge in [0.1, 0.15) is 11.3 Å². The minimum Gasteiger partial charge on any atom is -0.497 e. The van der Waals surface area contributed by atoms with Gasteiger partial charge >= 0.3 is 0 Å². The van der Waals surface area contributed by atoms with Crippen molar-refractivity contribution in [3.05, 3.63) is 54.7 Å². The Balaban J connectivity index is 1.89. The maximum Gasteiger partial charge on any atom is 0.179 e. The van der Waals surface area contributed by atoms with E-state index in [1.165, 1.54) is 12.8 Å². The van der Waals surface area contributed by atoms with Gasteiger partial charge in [-0.3, -0.25) is 4.98 Å². The van der Waals surface area contributed by atoms with Gasteiger partial charge in [0.15, 0.2) is 5.65 Å². The number of methoxy groups -OCH3 is 1. The molecule has 0 amide bonds. The normalized spacial score (nSPS) is 10.9. The molecule has 0 saturated heterocycles. The van der Waals surface area contributed by atoms with Crippen LogP contribution in [0.2, 0.25) is 0 Å². The fourth-order valence-corrected chi connectivity index (χ4v) is 2.38. The first-order chi connectivity index (χ1) is 11.3. The molecule has 4 nitrogen and oxygen atoms in total. The van der Waals surface area contributed by atoms with Crippen LogP contribution in [0.4, 0.5) is 0 Å². The van der Waals surface area contributed by atoms with Crippen LogP contribution in [0.5, 0.6) is 5.75 Å². The van der Waals surface area contributed by atoms with Crippen molar-refractivity contribution >= 4 is 11.2 Å². The maximum atomic E-state index is 5.19. The number of pyridine rings is 1. The van der Waals surface area contributed by atoms with E-state index in [4.69, 9.17) is 4.74 Å². The van der Waals surface area contributed by atoms with Crippen LogP contribution < -0.4 is 4.74 Å². The van der Waals surface area contributed by atoms with E-state index in [0.29, 0.717) is 5.65 Å². The average Bonchev–Trinajstić information content (AvgIpc) is 2.61. The van der Waals surface area contributed by atoms with Gasteiger partial charge in [0.25, 0.3) is 0 Å². The molecule has 0 aliphatic rings. The topological polar surface area (TPSA) is 47.9 Å². The van der Waals surface area contributed by atoms with Gasteiger partial charge in [-0.15, -0.1) is 0 Å². The lowest BCUT2D eigenvalue weighted by atomic mass is 10.1. The second kappa shape index (κ2) is 7.18. The molecule has 0 bridgehead atoms. The molecule has 2 heterocycles. The van der Waals surface area contributed by atoms with Crippen molar-refractivity contribution in [2.45, 2.75) is 26.2 Å². The van der Waals surface area contributed by atoms with Crippen LogP contribution in [0.1, 0.15) is 31.9 Å². The van der Waals surface area contributed by atoms with Crippen LogP contribution in [0.15, 0.2) is 42.6 Å². The Bertz CT molecular complexity index is 784. The van der Waals surface area contributed by atoms with Crippen LogP contribution in [-0.2, 0) is 0 Å². The molecular formula is C19H20N3O. The Hall–Kier alpha value is -2.49. The summed E-state index contributed by atoms with van der Waals surface area (Å²) in [5, 5.41) is 0. The molecule has 0 saturated carbocycles. The summed E-state index contributed by atoms with van der Waals surface area (Å²) < 4.78 is 5.19. The molecule has 0 aliphatic carbocycles. The quantitative estimate of drug-likeness (QED) is 0.632. The number of ether oxygens (including phenoxy) is 1. The largest absolute Gasteiger partial charge is 0.497 e. The smallest absolute Gasteiger partial charge is 0.179 e. The minimum atomic E-state index is 0.684. The van der Waals surface area contributed by atoms with Crippen LogP contribution in [0.3, 0.4) is 0 Å². The minimum absolute atomic E-state index is 0.684. The molecule has 1 radical (unpaired) electrons. The molecule has 0 N–H and O–H groups in total. The molecule has 0 atom stereocenters. The number of nitrogens with zero attached hydrogens (tertiary/aromatic N) is 3. The summed E-state index contributed by atoms with van der Waals surface area (Å²) in [7, 11) is 1.66. The van der Waals surface area contributed by atoms with E-state index in [1.54, 1.807) is 13.3 Å². The maximum absolute atomic E-state index is 5.19. The predicted molar refractivity (Wildman–Crippen MR) is 92.2 cm³/mol. The Kier molecular flexibility index (Phi) is 4.81. The summed E-state index contributed by atoms with van der Waals surface area (Å²) in [5.41, 5.74) is 4.28. The number of hydrogen-bond donors (Lipinski definition) is 0. The third-order valence-electron chi connectivity index (χ3n) is 3.73. The number of fused-ring (bicyclic) bond motifs is 1. The molecule has 0 aliphatic heterocycles. The third-order valence-corrected chi connectivity index (χ3v) is 3.73. The number of benzene rings is 1. The van der Waals surface area contributed by atoms with Gasteiger partial charge in [0.05, 0.1) is 19.0 Å². The van der Waals surface area contributed by atoms with Crippen molar-refractivity contribution in [2.24, 2.45) is 0 Å². The van der Waals surface area contributed by atoms with Crippen molar-refractivity contribution in [1.82, 2.24) is 15.0 Å². The highest BCUT2D eigenvalue weighted by Crippen LogP contribution is 2.21. The van der Waals surface area contributed by atoms with Gasteiger partial charge in [-0.2, -0.15) is 0 Å². The monoisotopic (exact) mass is 306 g/mol. The highest BCUT2D eigenvalue weighted by Gasteiger charge is 2.05. The standard InChI is InChI=1S/C19H20N3O/c1-3-4-5-6-15-9-12-17-19(21-15)22-18(13-20-17)14-7-10-16(23-2)11-8-14/h6-13H,3-5H2,1-2H3. The summed E-state index contributed by atoms with van der Waals surface area (Å²) in [6.07, 6.45) is 7.35. The number of unbranched alkanes of at least 4 members (excludes halogenated alkanes) is 2. The fourth-order valence-electron chi connectivity index (χ4n) is 2.38. The highest BCUT2D eigenvalue weighted by molar-refractivity contribution is 5.73. The molecule has 2 aromatic heterocycles. The Labute approximate surface area is 136 Å². The molecule has 3 rings (SSSR count). The molecule has 0 spiro atoms. The number of rotatable bonds is 6. The second-order valence-electron chi connectivity index (χ2n) is 5.41. The van der Waals surface area contributed by atoms with Crippen molar-refractivity contribution in [3.8, 4) is 17.0 Å². The van der Waals surface area contributed by atoms with Crippen molar-refractivity contribution < 1.29 is 4.74 Å². The second-order valence-corrected chi connectivity index (χ2v) is 5.41. The summed E-state index contributed by atoms with van der Waals surface area (Å²) in [6.45, 7) is 2.19. The zero-order valence-electron chi connectivity index (χ0n) is 13.5. The Morgan fingerprint density at radius 1 is 1.04 bits per heavy atom. The molecule has 117 valence electrons. The van der Waals surface area contributed by atoms with Gasteiger partial charge in [0.2, 0.25) is 0 Å². The first-order valence-corrected chi connectivity index (χ1v) is 7.91. The van der Waals surface area contributed by atoms with Crippen molar-refractivity contribution in [1.29, 1.82) is 0 Å². The number of hydrogen-bond acceptors (Lipinski definition) is 4. The van der Waals surface area contributed by atoms with Crippen molar-refractivity contribution in [2.75, 3.05) is 7.11 Å². The van der Waals surface area contributed by atoms with Gasteiger partial charge in [-0.1, -0.05) is 19.8 Å². The first-order valence-electron chi connectivity index (χ1n) is 7.91.